The third kappa shape index (κ3) is 3.56. The predicted octanol–water partition coefficient (Wildman–Crippen LogP) is 2.83. The zero-order valence-corrected chi connectivity index (χ0v) is 12.0. The van der Waals surface area contributed by atoms with Gasteiger partial charge in [-0.1, -0.05) is 51.1 Å². The number of ether oxygens (including phenoxy) is 2. The maximum absolute atomic E-state index is 9.87. The highest BCUT2D eigenvalue weighted by atomic mass is 16.6. The van der Waals surface area contributed by atoms with Crippen LogP contribution in [0.2, 0.25) is 0 Å². The smallest absolute Gasteiger partial charge is 0.157 e. The molecule has 1 saturated heterocycles. The van der Waals surface area contributed by atoms with Crippen LogP contribution < -0.4 is 0 Å². The Hall–Kier alpha value is -0.900. The van der Waals surface area contributed by atoms with Crippen LogP contribution in [0, 0.1) is 17.8 Å². The molecule has 0 saturated carbocycles. The summed E-state index contributed by atoms with van der Waals surface area (Å²) in [6, 6.07) is 10.1. The zero-order chi connectivity index (χ0) is 13.8. The number of aliphatic hydroxyl groups excluding tert-OH is 1. The van der Waals surface area contributed by atoms with E-state index in [1.165, 1.54) is 0 Å². The number of aliphatic hydroxyl groups is 1. The minimum Gasteiger partial charge on any atom is -0.374 e. The molecule has 0 aliphatic carbocycles. The number of hydrogen-bond acceptors (Lipinski definition) is 3. The molecule has 19 heavy (non-hydrogen) atoms. The molecule has 1 aromatic rings. The van der Waals surface area contributed by atoms with Gasteiger partial charge < -0.3 is 14.6 Å². The lowest BCUT2D eigenvalue weighted by atomic mass is 9.79. The Kier molecular flexibility index (Phi) is 4.97. The highest BCUT2D eigenvalue weighted by molar-refractivity contribution is 5.13. The summed E-state index contributed by atoms with van der Waals surface area (Å²) in [6.07, 6.45) is -0.693. The van der Waals surface area contributed by atoms with Crippen LogP contribution >= 0.6 is 0 Å². The molecular formula is C16H24O3. The van der Waals surface area contributed by atoms with Gasteiger partial charge in [-0.15, -0.1) is 0 Å². The van der Waals surface area contributed by atoms with Crippen molar-refractivity contribution in [1.29, 1.82) is 0 Å². The molecular weight excluding hydrogens is 240 g/mol. The summed E-state index contributed by atoms with van der Waals surface area (Å²) in [4.78, 5) is 0. The Bertz CT molecular complexity index is 379. The maximum atomic E-state index is 9.87. The first-order valence-electron chi connectivity index (χ1n) is 7.04. The average molecular weight is 264 g/mol. The standard InChI is InChI=1S/C16H24O3/c1-11-12(2)15(19-16(17)13(11)3)10-18-9-14-7-5-4-6-8-14/h4-8,11-13,15-17H,9-10H2,1-3H3. The summed E-state index contributed by atoms with van der Waals surface area (Å²) >= 11 is 0. The summed E-state index contributed by atoms with van der Waals surface area (Å²) in [5.41, 5.74) is 1.16. The van der Waals surface area contributed by atoms with Gasteiger partial charge in [0.15, 0.2) is 6.29 Å². The van der Waals surface area contributed by atoms with E-state index in [1.54, 1.807) is 0 Å². The molecule has 0 amide bonds. The number of benzene rings is 1. The molecule has 1 fully saturated rings. The van der Waals surface area contributed by atoms with Crippen molar-refractivity contribution < 1.29 is 14.6 Å². The predicted molar refractivity (Wildman–Crippen MR) is 74.5 cm³/mol. The normalized spacial score (nSPS) is 35.3. The molecule has 2 rings (SSSR count). The molecule has 5 unspecified atom stereocenters. The van der Waals surface area contributed by atoms with Gasteiger partial charge in [0.2, 0.25) is 0 Å². The van der Waals surface area contributed by atoms with E-state index >= 15 is 0 Å². The molecule has 1 N–H and O–H groups in total. The highest BCUT2D eigenvalue weighted by Gasteiger charge is 2.38. The Labute approximate surface area is 115 Å². The van der Waals surface area contributed by atoms with Crippen LogP contribution in [0.4, 0.5) is 0 Å². The highest BCUT2D eigenvalue weighted by Crippen LogP contribution is 2.34. The summed E-state index contributed by atoms with van der Waals surface area (Å²) in [6.45, 7) is 7.50. The van der Waals surface area contributed by atoms with E-state index in [9.17, 15) is 5.11 Å². The Morgan fingerprint density at radius 2 is 1.74 bits per heavy atom. The fourth-order valence-corrected chi connectivity index (χ4v) is 2.56. The topological polar surface area (TPSA) is 38.7 Å². The SMILES string of the molecule is CC1C(O)OC(COCc2ccccc2)C(C)C1C. The van der Waals surface area contributed by atoms with E-state index in [2.05, 4.69) is 13.8 Å². The molecule has 3 nitrogen and oxygen atoms in total. The summed E-state index contributed by atoms with van der Waals surface area (Å²) in [7, 11) is 0. The van der Waals surface area contributed by atoms with Crippen molar-refractivity contribution in [3.8, 4) is 0 Å². The van der Waals surface area contributed by atoms with Crippen molar-refractivity contribution in [2.24, 2.45) is 17.8 Å². The van der Waals surface area contributed by atoms with Crippen molar-refractivity contribution in [3.63, 3.8) is 0 Å². The van der Waals surface area contributed by atoms with Gasteiger partial charge in [0, 0.05) is 5.92 Å². The van der Waals surface area contributed by atoms with Crippen molar-refractivity contribution in [2.45, 2.75) is 39.8 Å². The lowest BCUT2D eigenvalue weighted by molar-refractivity contribution is -0.236. The van der Waals surface area contributed by atoms with Crippen LogP contribution in [0.15, 0.2) is 30.3 Å². The Balaban J connectivity index is 1.82. The fraction of sp³-hybridized carbons (Fsp3) is 0.625. The van der Waals surface area contributed by atoms with Crippen LogP contribution in [0.25, 0.3) is 0 Å². The molecule has 0 aromatic heterocycles. The van der Waals surface area contributed by atoms with Gasteiger partial charge in [0.05, 0.1) is 19.3 Å². The first-order valence-corrected chi connectivity index (χ1v) is 7.04. The first kappa shape index (κ1) is 14.5. The molecule has 0 spiro atoms. The van der Waals surface area contributed by atoms with E-state index in [0.717, 1.165) is 5.56 Å². The van der Waals surface area contributed by atoms with Crippen molar-refractivity contribution in [3.05, 3.63) is 35.9 Å². The van der Waals surface area contributed by atoms with Gasteiger partial charge in [-0.25, -0.2) is 0 Å². The molecule has 1 aromatic carbocycles. The third-order valence-corrected chi connectivity index (χ3v) is 4.40. The van der Waals surface area contributed by atoms with E-state index in [1.807, 2.05) is 37.3 Å². The lowest BCUT2D eigenvalue weighted by Crippen LogP contribution is -2.46. The fourth-order valence-electron chi connectivity index (χ4n) is 2.56. The second-order valence-electron chi connectivity index (χ2n) is 5.64. The van der Waals surface area contributed by atoms with Gasteiger partial charge in [-0.05, 0) is 17.4 Å². The summed E-state index contributed by atoms with van der Waals surface area (Å²) in [5.74, 6) is 1.02. The third-order valence-electron chi connectivity index (χ3n) is 4.40. The van der Waals surface area contributed by atoms with Crippen molar-refractivity contribution >= 4 is 0 Å². The van der Waals surface area contributed by atoms with Crippen LogP contribution in [0.5, 0.6) is 0 Å². The largest absolute Gasteiger partial charge is 0.374 e. The number of rotatable bonds is 4. The summed E-state index contributed by atoms with van der Waals surface area (Å²) in [5, 5.41) is 9.87. The lowest BCUT2D eigenvalue weighted by Gasteiger charge is -2.41. The van der Waals surface area contributed by atoms with Crippen LogP contribution in [-0.4, -0.2) is 24.1 Å². The minimum atomic E-state index is -0.670. The number of hydrogen-bond donors (Lipinski definition) is 1. The van der Waals surface area contributed by atoms with Crippen LogP contribution in [-0.2, 0) is 16.1 Å². The summed E-state index contributed by atoms with van der Waals surface area (Å²) < 4.78 is 11.4. The van der Waals surface area contributed by atoms with Crippen molar-refractivity contribution in [1.82, 2.24) is 0 Å². The van der Waals surface area contributed by atoms with Crippen LogP contribution in [0.1, 0.15) is 26.3 Å². The van der Waals surface area contributed by atoms with Crippen molar-refractivity contribution in [2.75, 3.05) is 6.61 Å². The molecule has 1 aliphatic heterocycles. The quantitative estimate of drug-likeness (QED) is 0.909. The molecule has 1 heterocycles. The second kappa shape index (κ2) is 6.51. The molecule has 0 bridgehead atoms. The van der Waals surface area contributed by atoms with Gasteiger partial charge in [-0.3, -0.25) is 0 Å². The minimum absolute atomic E-state index is 0.0232. The molecule has 0 radical (unpaired) electrons. The zero-order valence-electron chi connectivity index (χ0n) is 12.0. The first-order chi connectivity index (χ1) is 9.09. The van der Waals surface area contributed by atoms with E-state index in [4.69, 9.17) is 9.47 Å². The van der Waals surface area contributed by atoms with E-state index in [-0.39, 0.29) is 12.0 Å². The van der Waals surface area contributed by atoms with Gasteiger partial charge in [0.25, 0.3) is 0 Å². The molecule has 3 heteroatoms. The Morgan fingerprint density at radius 3 is 2.42 bits per heavy atom. The monoisotopic (exact) mass is 264 g/mol. The second-order valence-corrected chi connectivity index (χ2v) is 5.64. The van der Waals surface area contributed by atoms with Gasteiger partial charge >= 0.3 is 0 Å². The van der Waals surface area contributed by atoms with E-state index < -0.39 is 6.29 Å². The van der Waals surface area contributed by atoms with E-state index in [0.29, 0.717) is 25.0 Å². The average Bonchev–Trinajstić information content (AvgIpc) is 2.43. The molecule has 5 atom stereocenters. The maximum Gasteiger partial charge on any atom is 0.157 e. The molecule has 1 aliphatic rings. The van der Waals surface area contributed by atoms with Gasteiger partial charge in [0.1, 0.15) is 0 Å². The van der Waals surface area contributed by atoms with Gasteiger partial charge in [-0.2, -0.15) is 0 Å². The van der Waals surface area contributed by atoms with Crippen LogP contribution in [0.3, 0.4) is 0 Å². The Morgan fingerprint density at radius 1 is 1.05 bits per heavy atom. The molecule has 106 valence electrons.